The van der Waals surface area contributed by atoms with Gasteiger partial charge < -0.3 is 15.0 Å². The van der Waals surface area contributed by atoms with Crippen LogP contribution in [0, 0.1) is 0 Å². The summed E-state index contributed by atoms with van der Waals surface area (Å²) in [5.41, 5.74) is 0.747. The van der Waals surface area contributed by atoms with Crippen LogP contribution in [0.5, 0.6) is 0 Å². The molecular weight excluding hydrogens is 294 g/mol. The van der Waals surface area contributed by atoms with Crippen LogP contribution in [0.15, 0.2) is 29.2 Å². The summed E-state index contributed by atoms with van der Waals surface area (Å²) in [7, 11) is -3.67. The molecule has 1 aliphatic heterocycles. The lowest BCUT2D eigenvalue weighted by molar-refractivity contribution is -0.134. The first-order valence-electron chi connectivity index (χ1n) is 6.69. The Labute approximate surface area is 124 Å². The Kier molecular flexibility index (Phi) is 5.16. The third-order valence-electron chi connectivity index (χ3n) is 3.21. The molecule has 2 rings (SSSR count). The molecule has 0 radical (unpaired) electrons. The van der Waals surface area contributed by atoms with Crippen molar-refractivity contribution in [3.63, 3.8) is 0 Å². The van der Waals surface area contributed by atoms with Crippen molar-refractivity contribution in [2.75, 3.05) is 38.2 Å². The summed E-state index contributed by atoms with van der Waals surface area (Å²) in [6.45, 7) is 2.96. The van der Waals surface area contributed by atoms with Crippen molar-refractivity contribution in [1.82, 2.24) is 4.90 Å². The smallest absolute Gasteiger partial charge is 0.238 e. The second-order valence-corrected chi connectivity index (χ2v) is 6.30. The first-order chi connectivity index (χ1) is 9.97. The Hall–Kier alpha value is -1.64. The molecule has 8 heteroatoms. The SMILES string of the molecule is NS(=O)(=O)c1ccc(NCCC(=O)N2CCOCC2)cc1. The van der Waals surface area contributed by atoms with Crippen LogP contribution in [0.4, 0.5) is 5.69 Å². The highest BCUT2D eigenvalue weighted by molar-refractivity contribution is 7.89. The van der Waals surface area contributed by atoms with Gasteiger partial charge in [-0.05, 0) is 24.3 Å². The van der Waals surface area contributed by atoms with E-state index in [4.69, 9.17) is 9.88 Å². The van der Waals surface area contributed by atoms with Gasteiger partial charge in [-0.2, -0.15) is 0 Å². The monoisotopic (exact) mass is 313 g/mol. The maximum Gasteiger partial charge on any atom is 0.238 e. The average Bonchev–Trinajstić information content (AvgIpc) is 2.47. The van der Waals surface area contributed by atoms with E-state index in [-0.39, 0.29) is 10.8 Å². The van der Waals surface area contributed by atoms with Crippen molar-refractivity contribution in [1.29, 1.82) is 0 Å². The molecular formula is C13H19N3O4S. The zero-order valence-electron chi connectivity index (χ0n) is 11.6. The molecule has 116 valence electrons. The number of rotatable bonds is 5. The number of nitrogens with two attached hydrogens (primary N) is 1. The van der Waals surface area contributed by atoms with E-state index in [1.165, 1.54) is 12.1 Å². The number of amides is 1. The number of hydrogen-bond acceptors (Lipinski definition) is 5. The van der Waals surface area contributed by atoms with E-state index in [9.17, 15) is 13.2 Å². The number of nitrogens with one attached hydrogen (secondary N) is 1. The van der Waals surface area contributed by atoms with Gasteiger partial charge in [0.1, 0.15) is 0 Å². The molecule has 0 aliphatic carbocycles. The van der Waals surface area contributed by atoms with E-state index >= 15 is 0 Å². The summed E-state index contributed by atoms with van der Waals surface area (Å²) in [6.07, 6.45) is 0.386. The van der Waals surface area contributed by atoms with Gasteiger partial charge in [-0.15, -0.1) is 0 Å². The van der Waals surface area contributed by atoms with E-state index in [1.807, 2.05) is 0 Å². The van der Waals surface area contributed by atoms with Crippen molar-refractivity contribution in [3.8, 4) is 0 Å². The predicted octanol–water partition coefficient (Wildman–Crippen LogP) is -0.00520. The molecule has 1 aromatic carbocycles. The van der Waals surface area contributed by atoms with Crippen LogP contribution in [0.3, 0.4) is 0 Å². The topological polar surface area (TPSA) is 102 Å². The first-order valence-corrected chi connectivity index (χ1v) is 8.24. The molecule has 0 saturated carbocycles. The van der Waals surface area contributed by atoms with E-state index < -0.39 is 10.0 Å². The summed E-state index contributed by atoms with van der Waals surface area (Å²) in [5.74, 6) is 0.0898. The summed E-state index contributed by atoms with van der Waals surface area (Å²) >= 11 is 0. The van der Waals surface area contributed by atoms with Crippen LogP contribution in [0.1, 0.15) is 6.42 Å². The Morgan fingerprint density at radius 3 is 2.43 bits per heavy atom. The fourth-order valence-electron chi connectivity index (χ4n) is 2.05. The quantitative estimate of drug-likeness (QED) is 0.796. The minimum absolute atomic E-state index is 0.0671. The van der Waals surface area contributed by atoms with Crippen LogP contribution < -0.4 is 10.5 Å². The number of sulfonamides is 1. The van der Waals surface area contributed by atoms with Gasteiger partial charge in [-0.1, -0.05) is 0 Å². The number of hydrogen-bond donors (Lipinski definition) is 2. The molecule has 7 nitrogen and oxygen atoms in total. The first kappa shape index (κ1) is 15.7. The van der Waals surface area contributed by atoms with Gasteiger partial charge in [0.2, 0.25) is 15.9 Å². The molecule has 3 N–H and O–H groups in total. The normalized spacial score (nSPS) is 15.8. The Morgan fingerprint density at radius 1 is 1.24 bits per heavy atom. The standard InChI is InChI=1S/C13H19N3O4S/c14-21(18,19)12-3-1-11(2-4-12)15-6-5-13(17)16-7-9-20-10-8-16/h1-4,15H,5-10H2,(H2,14,18,19). The Balaban J connectivity index is 1.79. The highest BCUT2D eigenvalue weighted by atomic mass is 32.2. The van der Waals surface area contributed by atoms with E-state index in [0.717, 1.165) is 5.69 Å². The van der Waals surface area contributed by atoms with Crippen LogP contribution >= 0.6 is 0 Å². The van der Waals surface area contributed by atoms with Gasteiger partial charge in [0.25, 0.3) is 0 Å². The number of ether oxygens (including phenoxy) is 1. The van der Waals surface area contributed by atoms with E-state index in [2.05, 4.69) is 5.32 Å². The van der Waals surface area contributed by atoms with Gasteiger partial charge in [0.15, 0.2) is 0 Å². The zero-order chi connectivity index (χ0) is 15.3. The molecule has 21 heavy (non-hydrogen) atoms. The third kappa shape index (κ3) is 4.69. The lowest BCUT2D eigenvalue weighted by Crippen LogP contribution is -2.41. The summed E-state index contributed by atoms with van der Waals surface area (Å²) in [5, 5.41) is 8.10. The maximum absolute atomic E-state index is 11.9. The van der Waals surface area contributed by atoms with Crippen molar-refractivity contribution in [2.45, 2.75) is 11.3 Å². The second kappa shape index (κ2) is 6.88. The lowest BCUT2D eigenvalue weighted by Gasteiger charge is -2.26. The van der Waals surface area contributed by atoms with Crippen LogP contribution in [-0.2, 0) is 19.6 Å². The Bertz CT molecular complexity index is 580. The number of nitrogens with zero attached hydrogens (tertiary/aromatic N) is 1. The van der Waals surface area contributed by atoms with Crippen molar-refractivity contribution < 1.29 is 17.9 Å². The summed E-state index contributed by atoms with van der Waals surface area (Å²) < 4.78 is 27.4. The fraction of sp³-hybridized carbons (Fsp3) is 0.462. The highest BCUT2D eigenvalue weighted by Crippen LogP contribution is 2.12. The summed E-state index contributed by atoms with van der Waals surface area (Å²) in [6, 6.07) is 6.11. The van der Waals surface area contributed by atoms with E-state index in [0.29, 0.717) is 39.3 Å². The molecule has 0 unspecified atom stereocenters. The molecule has 0 atom stereocenters. The van der Waals surface area contributed by atoms with Gasteiger partial charge >= 0.3 is 0 Å². The van der Waals surface area contributed by atoms with Crippen molar-refractivity contribution >= 4 is 21.6 Å². The number of carbonyl (C=O) groups is 1. The van der Waals surface area contributed by atoms with E-state index in [1.54, 1.807) is 17.0 Å². The minimum Gasteiger partial charge on any atom is -0.385 e. The van der Waals surface area contributed by atoms with Gasteiger partial charge in [-0.3, -0.25) is 4.79 Å². The molecule has 1 heterocycles. The molecule has 1 saturated heterocycles. The lowest BCUT2D eigenvalue weighted by atomic mass is 10.3. The molecule has 1 aliphatic rings. The number of benzene rings is 1. The van der Waals surface area contributed by atoms with Gasteiger partial charge in [0, 0.05) is 31.7 Å². The summed E-state index contributed by atoms with van der Waals surface area (Å²) in [4.78, 5) is 13.8. The highest BCUT2D eigenvalue weighted by Gasteiger charge is 2.16. The molecule has 0 spiro atoms. The fourth-order valence-corrected chi connectivity index (χ4v) is 2.56. The average molecular weight is 313 g/mol. The largest absolute Gasteiger partial charge is 0.385 e. The molecule has 1 fully saturated rings. The number of primary sulfonamides is 1. The predicted molar refractivity (Wildman–Crippen MR) is 78.3 cm³/mol. The zero-order valence-corrected chi connectivity index (χ0v) is 12.4. The van der Waals surface area contributed by atoms with Gasteiger partial charge in [-0.25, -0.2) is 13.6 Å². The minimum atomic E-state index is -3.67. The molecule has 1 amide bonds. The van der Waals surface area contributed by atoms with Crippen molar-refractivity contribution in [2.24, 2.45) is 5.14 Å². The third-order valence-corrected chi connectivity index (χ3v) is 4.14. The number of carbonyl (C=O) groups excluding carboxylic acids is 1. The van der Waals surface area contributed by atoms with Crippen molar-refractivity contribution in [3.05, 3.63) is 24.3 Å². The Morgan fingerprint density at radius 2 is 1.86 bits per heavy atom. The maximum atomic E-state index is 11.9. The molecule has 0 aromatic heterocycles. The van der Waals surface area contributed by atoms with Crippen LogP contribution in [0.2, 0.25) is 0 Å². The molecule has 0 bridgehead atoms. The molecule has 1 aromatic rings. The second-order valence-electron chi connectivity index (χ2n) is 4.74. The van der Waals surface area contributed by atoms with Gasteiger partial charge in [0.05, 0.1) is 18.1 Å². The van der Waals surface area contributed by atoms with Crippen LogP contribution in [-0.4, -0.2) is 52.1 Å². The van der Waals surface area contributed by atoms with Crippen LogP contribution in [0.25, 0.3) is 0 Å². The number of anilines is 1. The number of morpholine rings is 1.